The average molecular weight is 228 g/mol. The first kappa shape index (κ1) is 12.8. The molecule has 5 heteroatoms. The summed E-state index contributed by atoms with van der Waals surface area (Å²) in [4.78, 5) is 24.8. The molecule has 0 aromatic heterocycles. The minimum atomic E-state index is -0.424. The molecule has 16 heavy (non-hydrogen) atoms. The van der Waals surface area contributed by atoms with Crippen LogP contribution in [0.5, 0.6) is 0 Å². The van der Waals surface area contributed by atoms with Gasteiger partial charge < -0.3 is 10.1 Å². The van der Waals surface area contributed by atoms with Crippen LogP contribution in [0.3, 0.4) is 0 Å². The molecule has 1 unspecified atom stereocenters. The summed E-state index contributed by atoms with van der Waals surface area (Å²) in [6, 6.07) is -0.383. The smallest absolute Gasteiger partial charge is 0.410 e. The normalized spacial score (nSPS) is 20.8. The minimum absolute atomic E-state index is 0.101. The highest BCUT2D eigenvalue weighted by Crippen LogP contribution is 2.19. The largest absolute Gasteiger partial charge is 0.453 e. The molecule has 0 aromatic rings. The second-order valence-electron chi connectivity index (χ2n) is 5.06. The lowest BCUT2D eigenvalue weighted by Gasteiger charge is -2.27. The molecule has 92 valence electrons. The maximum Gasteiger partial charge on any atom is 0.410 e. The van der Waals surface area contributed by atoms with Gasteiger partial charge in [-0.15, -0.1) is 0 Å². The summed E-state index contributed by atoms with van der Waals surface area (Å²) in [5, 5.41) is 2.88. The summed E-state index contributed by atoms with van der Waals surface area (Å²) in [6.45, 7) is 6.35. The van der Waals surface area contributed by atoms with Crippen LogP contribution < -0.4 is 5.32 Å². The standard InChI is InChI=1S/C11H20N2O3/c1-11(2,3)12-9(14)8-6-5-7-13(8)10(15)16-4/h8H,5-7H2,1-4H3,(H,12,14). The third-order valence-corrected chi connectivity index (χ3v) is 2.46. The van der Waals surface area contributed by atoms with Crippen LogP contribution in [0.1, 0.15) is 33.6 Å². The van der Waals surface area contributed by atoms with E-state index in [9.17, 15) is 9.59 Å². The van der Waals surface area contributed by atoms with Crippen LogP contribution in [0.25, 0.3) is 0 Å². The molecule has 0 radical (unpaired) electrons. The van der Waals surface area contributed by atoms with Crippen LogP contribution in [-0.2, 0) is 9.53 Å². The molecule has 1 aliphatic rings. The number of hydrogen-bond acceptors (Lipinski definition) is 3. The number of carbonyl (C=O) groups excluding carboxylic acids is 2. The van der Waals surface area contributed by atoms with Gasteiger partial charge in [0.1, 0.15) is 6.04 Å². The Hall–Kier alpha value is -1.26. The van der Waals surface area contributed by atoms with Crippen LogP contribution in [-0.4, -0.2) is 42.1 Å². The average Bonchev–Trinajstić information content (AvgIpc) is 2.62. The zero-order valence-corrected chi connectivity index (χ0v) is 10.4. The number of nitrogens with one attached hydrogen (secondary N) is 1. The first-order valence-corrected chi connectivity index (χ1v) is 5.52. The maximum atomic E-state index is 11.9. The molecule has 0 bridgehead atoms. The lowest BCUT2D eigenvalue weighted by atomic mass is 10.1. The van der Waals surface area contributed by atoms with Gasteiger partial charge in [0.2, 0.25) is 5.91 Å². The van der Waals surface area contributed by atoms with Crippen molar-refractivity contribution in [2.75, 3.05) is 13.7 Å². The summed E-state index contributed by atoms with van der Waals surface area (Å²) in [5.74, 6) is -0.101. The van der Waals surface area contributed by atoms with Gasteiger partial charge in [-0.25, -0.2) is 4.79 Å². The fourth-order valence-electron chi connectivity index (χ4n) is 1.83. The zero-order chi connectivity index (χ0) is 12.3. The van der Waals surface area contributed by atoms with E-state index in [1.807, 2.05) is 20.8 Å². The van der Waals surface area contributed by atoms with Crippen molar-refractivity contribution in [3.05, 3.63) is 0 Å². The molecule has 1 heterocycles. The van der Waals surface area contributed by atoms with Gasteiger partial charge >= 0.3 is 6.09 Å². The van der Waals surface area contributed by atoms with Crippen molar-refractivity contribution in [2.45, 2.75) is 45.2 Å². The Kier molecular flexibility index (Phi) is 3.78. The van der Waals surface area contributed by atoms with Crippen molar-refractivity contribution in [3.8, 4) is 0 Å². The fourth-order valence-corrected chi connectivity index (χ4v) is 1.83. The van der Waals surface area contributed by atoms with Crippen molar-refractivity contribution < 1.29 is 14.3 Å². The van der Waals surface area contributed by atoms with Crippen LogP contribution >= 0.6 is 0 Å². The molecule has 1 N–H and O–H groups in total. The number of amides is 2. The molecule has 0 aromatic carbocycles. The Morgan fingerprint density at radius 3 is 2.50 bits per heavy atom. The summed E-state index contributed by atoms with van der Waals surface area (Å²) >= 11 is 0. The predicted octanol–water partition coefficient (Wildman–Crippen LogP) is 1.13. The van der Waals surface area contributed by atoms with Gasteiger partial charge in [-0.2, -0.15) is 0 Å². The van der Waals surface area contributed by atoms with Gasteiger partial charge in [-0.1, -0.05) is 0 Å². The van der Waals surface area contributed by atoms with Crippen molar-refractivity contribution in [3.63, 3.8) is 0 Å². The molecule has 1 saturated heterocycles. The van der Waals surface area contributed by atoms with Gasteiger partial charge in [-0.05, 0) is 33.6 Å². The van der Waals surface area contributed by atoms with E-state index in [1.165, 1.54) is 12.0 Å². The molecule has 5 nitrogen and oxygen atoms in total. The van der Waals surface area contributed by atoms with Crippen molar-refractivity contribution in [1.29, 1.82) is 0 Å². The first-order chi connectivity index (χ1) is 7.35. The second-order valence-corrected chi connectivity index (χ2v) is 5.06. The second kappa shape index (κ2) is 4.72. The summed E-state index contributed by atoms with van der Waals surface area (Å²) in [6.07, 6.45) is 1.13. The Bertz CT molecular complexity index is 283. The Balaban J connectivity index is 2.65. The van der Waals surface area contributed by atoms with E-state index in [0.717, 1.165) is 6.42 Å². The van der Waals surface area contributed by atoms with Crippen LogP contribution in [0, 0.1) is 0 Å². The third kappa shape index (κ3) is 3.12. The number of hydrogen-bond donors (Lipinski definition) is 1. The van der Waals surface area contributed by atoms with Crippen molar-refractivity contribution >= 4 is 12.0 Å². The van der Waals surface area contributed by atoms with E-state index in [0.29, 0.717) is 13.0 Å². The lowest BCUT2D eigenvalue weighted by molar-refractivity contribution is -0.126. The van der Waals surface area contributed by atoms with E-state index in [-0.39, 0.29) is 17.5 Å². The summed E-state index contributed by atoms with van der Waals surface area (Å²) in [7, 11) is 1.33. The van der Waals surface area contributed by atoms with Crippen LogP contribution in [0.4, 0.5) is 4.79 Å². The van der Waals surface area contributed by atoms with E-state index >= 15 is 0 Å². The maximum absolute atomic E-state index is 11.9. The monoisotopic (exact) mass is 228 g/mol. The Morgan fingerprint density at radius 2 is 2.00 bits per heavy atom. The van der Waals surface area contributed by atoms with Crippen molar-refractivity contribution in [2.24, 2.45) is 0 Å². The van der Waals surface area contributed by atoms with Gasteiger partial charge in [-0.3, -0.25) is 9.69 Å². The zero-order valence-electron chi connectivity index (χ0n) is 10.4. The van der Waals surface area contributed by atoms with E-state index < -0.39 is 6.09 Å². The number of likely N-dealkylation sites (tertiary alicyclic amines) is 1. The molecule has 1 rings (SSSR count). The van der Waals surface area contributed by atoms with Crippen molar-refractivity contribution in [1.82, 2.24) is 10.2 Å². The first-order valence-electron chi connectivity index (χ1n) is 5.52. The minimum Gasteiger partial charge on any atom is -0.453 e. The highest BCUT2D eigenvalue weighted by molar-refractivity contribution is 5.86. The van der Waals surface area contributed by atoms with E-state index in [1.54, 1.807) is 0 Å². The summed E-state index contributed by atoms with van der Waals surface area (Å²) < 4.78 is 4.65. The molecule has 1 aliphatic heterocycles. The topological polar surface area (TPSA) is 58.6 Å². The highest BCUT2D eigenvalue weighted by Gasteiger charge is 2.35. The Labute approximate surface area is 96.1 Å². The highest BCUT2D eigenvalue weighted by atomic mass is 16.5. The quantitative estimate of drug-likeness (QED) is 0.732. The number of ether oxygens (including phenoxy) is 1. The number of methoxy groups -OCH3 is 1. The molecule has 0 saturated carbocycles. The Morgan fingerprint density at radius 1 is 1.38 bits per heavy atom. The molecular formula is C11H20N2O3. The van der Waals surface area contributed by atoms with Crippen LogP contribution in [0.2, 0.25) is 0 Å². The molecular weight excluding hydrogens is 208 g/mol. The number of carbonyl (C=O) groups is 2. The number of nitrogens with zero attached hydrogens (tertiary/aromatic N) is 1. The third-order valence-electron chi connectivity index (χ3n) is 2.46. The SMILES string of the molecule is COC(=O)N1CCCC1C(=O)NC(C)(C)C. The summed E-state index contributed by atoms with van der Waals surface area (Å²) in [5.41, 5.74) is -0.276. The van der Waals surface area contributed by atoms with Gasteiger partial charge in [0, 0.05) is 12.1 Å². The molecule has 0 aliphatic carbocycles. The van der Waals surface area contributed by atoms with E-state index in [2.05, 4.69) is 10.1 Å². The van der Waals surface area contributed by atoms with Gasteiger partial charge in [0.05, 0.1) is 7.11 Å². The molecule has 2 amide bonds. The molecule has 1 atom stereocenters. The van der Waals surface area contributed by atoms with Gasteiger partial charge in [0.15, 0.2) is 0 Å². The van der Waals surface area contributed by atoms with Gasteiger partial charge in [0.25, 0.3) is 0 Å². The molecule has 1 fully saturated rings. The molecule has 0 spiro atoms. The van der Waals surface area contributed by atoms with Crippen LogP contribution in [0.15, 0.2) is 0 Å². The lowest BCUT2D eigenvalue weighted by Crippen LogP contribution is -2.51. The van der Waals surface area contributed by atoms with E-state index in [4.69, 9.17) is 0 Å². The number of rotatable bonds is 1. The fraction of sp³-hybridized carbons (Fsp3) is 0.818. The predicted molar refractivity (Wildman–Crippen MR) is 60.0 cm³/mol.